The molecule has 0 aromatic rings. The number of nitrogens with zero attached hydrogens (tertiary/aromatic N) is 1. The minimum Gasteiger partial charge on any atom is -0.291 e. The van der Waals surface area contributed by atoms with Crippen LogP contribution in [0.15, 0.2) is 4.99 Å². The Morgan fingerprint density at radius 2 is 1.62 bits per heavy atom. The van der Waals surface area contributed by atoms with E-state index in [9.17, 15) is 0 Å². The van der Waals surface area contributed by atoms with E-state index < -0.39 is 0 Å². The summed E-state index contributed by atoms with van der Waals surface area (Å²) in [5.41, 5.74) is 0. The van der Waals surface area contributed by atoms with Gasteiger partial charge in [0.05, 0.1) is 6.17 Å². The Morgan fingerprint density at radius 3 is 2.19 bits per heavy atom. The van der Waals surface area contributed by atoms with Crippen molar-refractivity contribution in [3.63, 3.8) is 0 Å². The van der Waals surface area contributed by atoms with E-state index in [4.69, 9.17) is 0 Å². The summed E-state index contributed by atoms with van der Waals surface area (Å²) in [5, 5.41) is 3.36. The average molecular weight is 224 g/mol. The summed E-state index contributed by atoms with van der Waals surface area (Å²) in [7, 11) is 0. The molecule has 2 nitrogen and oxygen atoms in total. The summed E-state index contributed by atoms with van der Waals surface area (Å²) in [6.07, 6.45) is 16.4. The molecule has 1 aliphatic rings. The van der Waals surface area contributed by atoms with Crippen molar-refractivity contribution in [1.82, 2.24) is 5.32 Å². The Morgan fingerprint density at radius 1 is 1.00 bits per heavy atom. The molecule has 1 unspecified atom stereocenters. The fraction of sp³-hybridized carbons (Fsp3) is 0.929. The molecule has 0 aliphatic carbocycles. The maximum absolute atomic E-state index is 4.37. The van der Waals surface area contributed by atoms with Crippen molar-refractivity contribution in [2.45, 2.75) is 77.3 Å². The van der Waals surface area contributed by atoms with E-state index in [1.807, 2.05) is 6.21 Å². The number of aliphatic imine (C=N–C) groups is 1. The molecule has 0 saturated heterocycles. The monoisotopic (exact) mass is 224 g/mol. The fourth-order valence-corrected chi connectivity index (χ4v) is 2.25. The SMILES string of the molecule is CCCCCCCCCCCC1N=CCN1. The number of hydrogen-bond acceptors (Lipinski definition) is 2. The second kappa shape index (κ2) is 9.83. The van der Waals surface area contributed by atoms with Gasteiger partial charge in [0.25, 0.3) is 0 Å². The van der Waals surface area contributed by atoms with Crippen LogP contribution in [0.5, 0.6) is 0 Å². The first-order valence-corrected chi connectivity index (χ1v) is 7.18. The Hall–Kier alpha value is -0.370. The smallest absolute Gasteiger partial charge is 0.0993 e. The number of nitrogens with one attached hydrogen (secondary N) is 1. The first-order valence-electron chi connectivity index (χ1n) is 7.18. The summed E-state index contributed by atoms with van der Waals surface area (Å²) in [4.78, 5) is 4.37. The normalized spacial score (nSPS) is 19.4. The molecule has 0 spiro atoms. The van der Waals surface area contributed by atoms with Gasteiger partial charge in [-0.3, -0.25) is 10.3 Å². The van der Waals surface area contributed by atoms with Crippen LogP contribution < -0.4 is 5.32 Å². The lowest BCUT2D eigenvalue weighted by Gasteiger charge is -2.07. The average Bonchev–Trinajstić information content (AvgIpc) is 2.80. The molecule has 0 radical (unpaired) electrons. The lowest BCUT2D eigenvalue weighted by molar-refractivity contribution is 0.500. The second-order valence-electron chi connectivity index (χ2n) is 4.87. The number of unbranched alkanes of at least 4 members (excludes halogenated alkanes) is 8. The van der Waals surface area contributed by atoms with Gasteiger partial charge in [0.1, 0.15) is 0 Å². The standard InChI is InChI=1S/C14H28N2/c1-2-3-4-5-6-7-8-9-10-11-14-15-12-13-16-14/h12,14,16H,2-11,13H2,1H3. The van der Waals surface area contributed by atoms with E-state index in [0.717, 1.165) is 6.54 Å². The minimum atomic E-state index is 0.435. The van der Waals surface area contributed by atoms with Crippen molar-refractivity contribution in [2.75, 3.05) is 6.54 Å². The van der Waals surface area contributed by atoms with Crippen LogP contribution in [0.1, 0.15) is 71.1 Å². The van der Waals surface area contributed by atoms with E-state index in [1.165, 1.54) is 64.2 Å². The minimum absolute atomic E-state index is 0.435. The van der Waals surface area contributed by atoms with Crippen molar-refractivity contribution in [1.29, 1.82) is 0 Å². The number of hydrogen-bond donors (Lipinski definition) is 1. The van der Waals surface area contributed by atoms with Gasteiger partial charge in [0, 0.05) is 12.8 Å². The molecule has 0 aromatic heterocycles. The quantitative estimate of drug-likeness (QED) is 0.559. The molecule has 1 heterocycles. The number of rotatable bonds is 10. The van der Waals surface area contributed by atoms with Crippen molar-refractivity contribution in [3.05, 3.63) is 0 Å². The van der Waals surface area contributed by atoms with Crippen molar-refractivity contribution < 1.29 is 0 Å². The van der Waals surface area contributed by atoms with Gasteiger partial charge in [-0.25, -0.2) is 0 Å². The third-order valence-electron chi connectivity index (χ3n) is 3.31. The highest BCUT2D eigenvalue weighted by Gasteiger charge is 2.07. The summed E-state index contributed by atoms with van der Waals surface area (Å²) in [5.74, 6) is 0. The van der Waals surface area contributed by atoms with Crippen LogP contribution in [0.4, 0.5) is 0 Å². The second-order valence-corrected chi connectivity index (χ2v) is 4.87. The molecule has 2 heteroatoms. The molecular formula is C14H28N2. The predicted octanol–water partition coefficient (Wildman–Crippen LogP) is 3.91. The molecular weight excluding hydrogens is 196 g/mol. The molecule has 0 amide bonds. The van der Waals surface area contributed by atoms with Crippen molar-refractivity contribution in [3.8, 4) is 0 Å². The van der Waals surface area contributed by atoms with Gasteiger partial charge in [0.15, 0.2) is 0 Å². The van der Waals surface area contributed by atoms with Crippen LogP contribution in [0.25, 0.3) is 0 Å². The zero-order valence-corrected chi connectivity index (χ0v) is 10.9. The zero-order chi connectivity index (χ0) is 11.5. The summed E-state index contributed by atoms with van der Waals surface area (Å²) >= 11 is 0. The van der Waals surface area contributed by atoms with E-state index in [0.29, 0.717) is 6.17 Å². The van der Waals surface area contributed by atoms with Gasteiger partial charge in [-0.1, -0.05) is 58.3 Å². The van der Waals surface area contributed by atoms with Crippen LogP contribution in [0, 0.1) is 0 Å². The van der Waals surface area contributed by atoms with Gasteiger partial charge < -0.3 is 0 Å². The third kappa shape index (κ3) is 7.00. The first-order chi connectivity index (χ1) is 7.93. The molecule has 1 N–H and O–H groups in total. The molecule has 0 bridgehead atoms. The highest BCUT2D eigenvalue weighted by atomic mass is 15.1. The van der Waals surface area contributed by atoms with Crippen LogP contribution in [0.2, 0.25) is 0 Å². The molecule has 0 saturated carbocycles. The molecule has 0 fully saturated rings. The van der Waals surface area contributed by atoms with Crippen LogP contribution in [-0.2, 0) is 0 Å². The van der Waals surface area contributed by atoms with E-state index in [2.05, 4.69) is 17.2 Å². The van der Waals surface area contributed by atoms with Crippen molar-refractivity contribution >= 4 is 6.21 Å². The van der Waals surface area contributed by atoms with Crippen LogP contribution in [-0.4, -0.2) is 18.9 Å². The lowest BCUT2D eigenvalue weighted by atomic mass is 10.1. The summed E-state index contributed by atoms with van der Waals surface area (Å²) < 4.78 is 0. The molecule has 1 aliphatic heterocycles. The highest BCUT2D eigenvalue weighted by Crippen LogP contribution is 2.12. The van der Waals surface area contributed by atoms with Gasteiger partial charge in [-0.05, 0) is 12.8 Å². The Labute approximate surface area is 101 Å². The van der Waals surface area contributed by atoms with E-state index >= 15 is 0 Å². The molecule has 1 atom stereocenters. The highest BCUT2D eigenvalue weighted by molar-refractivity contribution is 5.61. The lowest BCUT2D eigenvalue weighted by Crippen LogP contribution is -2.21. The maximum atomic E-state index is 4.37. The van der Waals surface area contributed by atoms with E-state index in [-0.39, 0.29) is 0 Å². The predicted molar refractivity (Wildman–Crippen MR) is 72.1 cm³/mol. The van der Waals surface area contributed by atoms with Crippen LogP contribution in [0.3, 0.4) is 0 Å². The maximum Gasteiger partial charge on any atom is 0.0993 e. The Bertz CT molecular complexity index is 178. The third-order valence-corrected chi connectivity index (χ3v) is 3.31. The van der Waals surface area contributed by atoms with Crippen molar-refractivity contribution in [2.24, 2.45) is 4.99 Å². The molecule has 16 heavy (non-hydrogen) atoms. The Kier molecular flexibility index (Phi) is 8.41. The fourth-order valence-electron chi connectivity index (χ4n) is 2.25. The van der Waals surface area contributed by atoms with E-state index in [1.54, 1.807) is 0 Å². The van der Waals surface area contributed by atoms with Crippen LogP contribution >= 0.6 is 0 Å². The summed E-state index contributed by atoms with van der Waals surface area (Å²) in [6.45, 7) is 3.25. The van der Waals surface area contributed by atoms with Gasteiger partial charge in [0.2, 0.25) is 0 Å². The van der Waals surface area contributed by atoms with Gasteiger partial charge in [-0.2, -0.15) is 0 Å². The summed E-state index contributed by atoms with van der Waals surface area (Å²) in [6, 6.07) is 0. The largest absolute Gasteiger partial charge is 0.291 e. The van der Waals surface area contributed by atoms with Gasteiger partial charge >= 0.3 is 0 Å². The first kappa shape index (κ1) is 13.7. The van der Waals surface area contributed by atoms with Gasteiger partial charge in [-0.15, -0.1) is 0 Å². The molecule has 94 valence electrons. The topological polar surface area (TPSA) is 24.4 Å². The molecule has 1 rings (SSSR count). The molecule has 0 aromatic carbocycles. The Balaban J connectivity index is 1.73. The zero-order valence-electron chi connectivity index (χ0n) is 10.9.